The topological polar surface area (TPSA) is 74.2 Å². The molecule has 1 rings (SSSR count). The van der Waals surface area contributed by atoms with Crippen LogP contribution in [-0.2, 0) is 11.2 Å². The van der Waals surface area contributed by atoms with Crippen molar-refractivity contribution in [2.45, 2.75) is 38.8 Å². The fourth-order valence-electron chi connectivity index (χ4n) is 1.77. The van der Waals surface area contributed by atoms with Crippen LogP contribution in [0.2, 0.25) is 0 Å². The first-order chi connectivity index (χ1) is 7.69. The van der Waals surface area contributed by atoms with Gasteiger partial charge in [-0.05, 0) is 31.4 Å². The zero-order valence-electron chi connectivity index (χ0n) is 10.0. The summed E-state index contributed by atoms with van der Waals surface area (Å²) >= 11 is 0. The van der Waals surface area contributed by atoms with Gasteiger partial charge in [0.2, 0.25) is 0 Å². The fraction of sp³-hybridized carbons (Fsp3) is 0.583. The van der Waals surface area contributed by atoms with Gasteiger partial charge in [0.1, 0.15) is 5.82 Å². The second-order valence-electron chi connectivity index (χ2n) is 3.82. The highest BCUT2D eigenvalue weighted by Gasteiger charge is 2.17. The Hall–Kier alpha value is -1.13. The Morgan fingerprint density at radius 2 is 2.19 bits per heavy atom. The lowest BCUT2D eigenvalue weighted by molar-refractivity contribution is 0.0417. The van der Waals surface area contributed by atoms with Crippen LogP contribution in [0.5, 0.6) is 0 Å². The molecule has 0 amide bonds. The van der Waals surface area contributed by atoms with Crippen LogP contribution in [0.3, 0.4) is 0 Å². The zero-order chi connectivity index (χ0) is 12.0. The van der Waals surface area contributed by atoms with Crippen molar-refractivity contribution in [1.29, 1.82) is 0 Å². The molecule has 0 aromatic carbocycles. The highest BCUT2D eigenvalue weighted by molar-refractivity contribution is 5.38. The summed E-state index contributed by atoms with van der Waals surface area (Å²) in [5.74, 6) is 0.560. The first-order valence-corrected chi connectivity index (χ1v) is 5.75. The van der Waals surface area contributed by atoms with Crippen LogP contribution in [0, 0.1) is 0 Å². The molecular weight excluding hydrogens is 202 g/mol. The second-order valence-corrected chi connectivity index (χ2v) is 3.82. The minimum atomic E-state index is -0.0311. The molecule has 0 saturated carbocycles. The van der Waals surface area contributed by atoms with Gasteiger partial charge in [-0.3, -0.25) is 0 Å². The maximum Gasteiger partial charge on any atom is 0.126 e. The monoisotopic (exact) mass is 223 g/mol. The summed E-state index contributed by atoms with van der Waals surface area (Å²) in [5, 5.41) is 0. The standard InChI is InChI=1S/C12H21N3O/c1-3-11(16-4-2)10(13)8-9-6-5-7-15-12(9)14/h5-7,10-11H,3-4,8,13H2,1-2H3,(H2,14,15). The third-order valence-electron chi connectivity index (χ3n) is 2.64. The molecule has 0 aliphatic heterocycles. The van der Waals surface area contributed by atoms with E-state index in [0.717, 1.165) is 12.0 Å². The Morgan fingerprint density at radius 1 is 1.44 bits per heavy atom. The SMILES string of the molecule is CCOC(CC)C(N)Cc1cccnc1N. The van der Waals surface area contributed by atoms with Gasteiger partial charge in [0.25, 0.3) is 0 Å². The fourth-order valence-corrected chi connectivity index (χ4v) is 1.77. The van der Waals surface area contributed by atoms with E-state index in [4.69, 9.17) is 16.2 Å². The Morgan fingerprint density at radius 3 is 2.75 bits per heavy atom. The van der Waals surface area contributed by atoms with Gasteiger partial charge in [-0.1, -0.05) is 13.0 Å². The van der Waals surface area contributed by atoms with Crippen LogP contribution < -0.4 is 11.5 Å². The van der Waals surface area contributed by atoms with Gasteiger partial charge in [-0.15, -0.1) is 0 Å². The molecule has 0 aliphatic carbocycles. The lowest BCUT2D eigenvalue weighted by Gasteiger charge is -2.22. The quantitative estimate of drug-likeness (QED) is 0.763. The molecule has 0 radical (unpaired) electrons. The van der Waals surface area contributed by atoms with Crippen LogP contribution in [0.4, 0.5) is 5.82 Å². The number of pyridine rings is 1. The lowest BCUT2D eigenvalue weighted by Crippen LogP contribution is -2.38. The van der Waals surface area contributed by atoms with Crippen molar-refractivity contribution in [3.8, 4) is 0 Å². The predicted molar refractivity (Wildman–Crippen MR) is 66.0 cm³/mol. The molecule has 4 N–H and O–H groups in total. The van der Waals surface area contributed by atoms with Gasteiger partial charge in [0, 0.05) is 18.8 Å². The van der Waals surface area contributed by atoms with Gasteiger partial charge in [-0.2, -0.15) is 0 Å². The average molecular weight is 223 g/mol. The smallest absolute Gasteiger partial charge is 0.126 e. The number of nitrogens with zero attached hydrogens (tertiary/aromatic N) is 1. The highest BCUT2D eigenvalue weighted by Crippen LogP contribution is 2.13. The summed E-state index contributed by atoms with van der Waals surface area (Å²) in [6.45, 7) is 4.75. The Labute approximate surface area is 97.0 Å². The Kier molecular flexibility index (Phi) is 5.22. The lowest BCUT2D eigenvalue weighted by atomic mass is 10.0. The molecule has 90 valence electrons. The van der Waals surface area contributed by atoms with Crippen LogP contribution in [0.1, 0.15) is 25.8 Å². The van der Waals surface area contributed by atoms with Crippen LogP contribution in [-0.4, -0.2) is 23.7 Å². The van der Waals surface area contributed by atoms with E-state index in [2.05, 4.69) is 11.9 Å². The molecule has 2 unspecified atom stereocenters. The van der Waals surface area contributed by atoms with Gasteiger partial charge in [0.05, 0.1) is 6.10 Å². The number of aromatic nitrogens is 1. The second kappa shape index (κ2) is 6.45. The zero-order valence-corrected chi connectivity index (χ0v) is 10.0. The van der Waals surface area contributed by atoms with Crippen molar-refractivity contribution in [2.24, 2.45) is 5.73 Å². The Balaban J connectivity index is 2.62. The minimum absolute atomic E-state index is 0.0311. The number of hydrogen-bond donors (Lipinski definition) is 2. The molecular formula is C12H21N3O. The Bertz CT molecular complexity index is 317. The van der Waals surface area contributed by atoms with E-state index < -0.39 is 0 Å². The van der Waals surface area contributed by atoms with Crippen molar-refractivity contribution >= 4 is 5.82 Å². The van der Waals surface area contributed by atoms with Gasteiger partial charge in [-0.25, -0.2) is 4.98 Å². The molecule has 1 heterocycles. The third kappa shape index (κ3) is 3.47. The van der Waals surface area contributed by atoms with E-state index in [1.165, 1.54) is 0 Å². The molecule has 0 spiro atoms. The number of rotatable bonds is 6. The third-order valence-corrected chi connectivity index (χ3v) is 2.64. The number of hydrogen-bond acceptors (Lipinski definition) is 4. The maximum absolute atomic E-state index is 6.11. The predicted octanol–water partition coefficient (Wildman–Crippen LogP) is 1.35. The number of anilines is 1. The van der Waals surface area contributed by atoms with Crippen molar-refractivity contribution in [1.82, 2.24) is 4.98 Å². The summed E-state index contributed by atoms with van der Waals surface area (Å²) in [6, 6.07) is 3.80. The summed E-state index contributed by atoms with van der Waals surface area (Å²) < 4.78 is 5.58. The first kappa shape index (κ1) is 12.9. The molecule has 16 heavy (non-hydrogen) atoms. The highest BCUT2D eigenvalue weighted by atomic mass is 16.5. The van der Waals surface area contributed by atoms with E-state index in [9.17, 15) is 0 Å². The normalized spacial score (nSPS) is 14.7. The molecule has 4 nitrogen and oxygen atoms in total. The summed E-state index contributed by atoms with van der Waals surface area (Å²) in [7, 11) is 0. The van der Waals surface area contributed by atoms with Gasteiger partial charge >= 0.3 is 0 Å². The molecule has 0 aliphatic rings. The summed E-state index contributed by atoms with van der Waals surface area (Å²) in [4.78, 5) is 4.04. The van der Waals surface area contributed by atoms with Crippen LogP contribution in [0.15, 0.2) is 18.3 Å². The summed E-state index contributed by atoms with van der Waals surface area (Å²) in [5.41, 5.74) is 12.9. The van der Waals surface area contributed by atoms with Crippen LogP contribution in [0.25, 0.3) is 0 Å². The summed E-state index contributed by atoms with van der Waals surface area (Å²) in [6.07, 6.45) is 3.39. The van der Waals surface area contributed by atoms with Crippen molar-refractivity contribution in [2.75, 3.05) is 12.3 Å². The van der Waals surface area contributed by atoms with Crippen LogP contribution >= 0.6 is 0 Å². The molecule has 0 bridgehead atoms. The number of ether oxygens (including phenoxy) is 1. The average Bonchev–Trinajstić information content (AvgIpc) is 2.29. The largest absolute Gasteiger partial charge is 0.383 e. The van der Waals surface area contributed by atoms with E-state index >= 15 is 0 Å². The minimum Gasteiger partial charge on any atom is -0.383 e. The number of nitrogen functional groups attached to an aromatic ring is 1. The maximum atomic E-state index is 6.11. The molecule has 1 aromatic rings. The molecule has 2 atom stereocenters. The van der Waals surface area contributed by atoms with Gasteiger partial charge in [0.15, 0.2) is 0 Å². The first-order valence-electron chi connectivity index (χ1n) is 5.75. The molecule has 0 fully saturated rings. The van der Waals surface area contributed by atoms with E-state index in [0.29, 0.717) is 18.8 Å². The van der Waals surface area contributed by atoms with Gasteiger partial charge < -0.3 is 16.2 Å². The molecule has 0 saturated heterocycles. The van der Waals surface area contributed by atoms with E-state index in [1.807, 2.05) is 19.1 Å². The van der Waals surface area contributed by atoms with Crippen molar-refractivity contribution < 1.29 is 4.74 Å². The molecule has 1 aromatic heterocycles. The van der Waals surface area contributed by atoms with E-state index in [-0.39, 0.29) is 12.1 Å². The van der Waals surface area contributed by atoms with Crippen molar-refractivity contribution in [3.63, 3.8) is 0 Å². The molecule has 4 heteroatoms. The van der Waals surface area contributed by atoms with Crippen molar-refractivity contribution in [3.05, 3.63) is 23.9 Å². The number of nitrogens with two attached hydrogens (primary N) is 2. The van der Waals surface area contributed by atoms with E-state index in [1.54, 1.807) is 6.20 Å².